The highest BCUT2D eigenvalue weighted by Gasteiger charge is 2.30. The maximum Gasteiger partial charge on any atom is 0.416 e. The van der Waals surface area contributed by atoms with Gasteiger partial charge < -0.3 is 9.64 Å². The number of hydrogen-bond acceptors (Lipinski definition) is 4. The van der Waals surface area contributed by atoms with Gasteiger partial charge >= 0.3 is 6.18 Å². The zero-order chi connectivity index (χ0) is 20.4. The molecule has 1 amide bonds. The Bertz CT molecular complexity index is 960. The predicted molar refractivity (Wildman–Crippen MR) is 105 cm³/mol. The van der Waals surface area contributed by atoms with E-state index >= 15 is 0 Å². The number of amides is 1. The molecular formula is C21H19F3N2O2S. The summed E-state index contributed by atoms with van der Waals surface area (Å²) >= 11 is 1.70. The molecule has 152 valence electrons. The molecule has 8 heteroatoms. The van der Waals surface area contributed by atoms with Crippen molar-refractivity contribution >= 4 is 27.5 Å². The third-order valence-electron chi connectivity index (χ3n) is 5.05. The molecule has 3 aromatic rings. The minimum atomic E-state index is -4.39. The monoisotopic (exact) mass is 420 g/mol. The standard InChI is InChI=1S/C21H19F3N2O2S/c22-21(23,24)15-5-7-16(8-6-15)28-13-19(27)26-11-9-14(10-12-26)20-25-17-3-1-2-4-18(17)29-20/h1-8,14H,9-13H2. The second kappa shape index (κ2) is 8.02. The van der Waals surface area contributed by atoms with Crippen LogP contribution in [-0.2, 0) is 11.0 Å². The number of nitrogens with zero attached hydrogens (tertiary/aromatic N) is 2. The molecule has 0 atom stereocenters. The van der Waals surface area contributed by atoms with Gasteiger partial charge in [-0.2, -0.15) is 13.2 Å². The summed E-state index contributed by atoms with van der Waals surface area (Å²) in [5, 5.41) is 1.11. The van der Waals surface area contributed by atoms with E-state index in [1.165, 1.54) is 16.8 Å². The van der Waals surface area contributed by atoms with Gasteiger partial charge in [0.15, 0.2) is 6.61 Å². The van der Waals surface area contributed by atoms with Crippen molar-refractivity contribution < 1.29 is 22.7 Å². The number of para-hydroxylation sites is 1. The summed E-state index contributed by atoms with van der Waals surface area (Å²) in [7, 11) is 0. The summed E-state index contributed by atoms with van der Waals surface area (Å²) in [6, 6.07) is 12.4. The van der Waals surface area contributed by atoms with Crippen LogP contribution in [0.4, 0.5) is 13.2 Å². The number of aromatic nitrogens is 1. The number of halogens is 3. The van der Waals surface area contributed by atoms with E-state index in [1.807, 2.05) is 18.2 Å². The van der Waals surface area contributed by atoms with E-state index in [0.29, 0.717) is 19.0 Å². The molecule has 4 nitrogen and oxygen atoms in total. The number of ether oxygens (including phenoxy) is 1. The van der Waals surface area contributed by atoms with Crippen molar-refractivity contribution in [3.63, 3.8) is 0 Å². The van der Waals surface area contributed by atoms with Crippen LogP contribution >= 0.6 is 11.3 Å². The number of likely N-dealkylation sites (tertiary alicyclic amines) is 1. The fourth-order valence-electron chi connectivity index (χ4n) is 3.42. The van der Waals surface area contributed by atoms with Crippen LogP contribution in [0, 0.1) is 0 Å². The number of alkyl halides is 3. The normalized spacial score (nSPS) is 15.6. The molecule has 0 unspecified atom stereocenters. The zero-order valence-corrected chi connectivity index (χ0v) is 16.3. The second-order valence-electron chi connectivity index (χ2n) is 6.99. The summed E-state index contributed by atoms with van der Waals surface area (Å²) in [5.41, 5.74) is 0.268. The van der Waals surface area contributed by atoms with Crippen molar-refractivity contribution in [1.82, 2.24) is 9.88 Å². The molecule has 1 aliphatic heterocycles. The number of hydrogen-bond donors (Lipinski definition) is 0. The molecule has 0 radical (unpaired) electrons. The van der Waals surface area contributed by atoms with Gasteiger partial charge in [0.2, 0.25) is 0 Å². The van der Waals surface area contributed by atoms with E-state index in [-0.39, 0.29) is 18.3 Å². The quantitative estimate of drug-likeness (QED) is 0.590. The third kappa shape index (κ3) is 4.53. The Kier molecular flexibility index (Phi) is 5.45. The first-order valence-electron chi connectivity index (χ1n) is 9.33. The number of rotatable bonds is 4. The Labute approximate surface area is 169 Å². The Hall–Kier alpha value is -2.61. The van der Waals surface area contributed by atoms with Crippen LogP contribution in [0.2, 0.25) is 0 Å². The summed E-state index contributed by atoms with van der Waals surface area (Å²) in [6.45, 7) is 1.06. The number of benzene rings is 2. The van der Waals surface area contributed by atoms with Gasteiger partial charge in [-0.05, 0) is 49.2 Å². The average Bonchev–Trinajstić information content (AvgIpc) is 3.16. The van der Waals surface area contributed by atoms with E-state index in [0.717, 1.165) is 35.5 Å². The Morgan fingerprint density at radius 2 is 1.79 bits per heavy atom. The van der Waals surface area contributed by atoms with E-state index in [2.05, 4.69) is 6.07 Å². The van der Waals surface area contributed by atoms with Gasteiger partial charge in [-0.1, -0.05) is 12.1 Å². The second-order valence-corrected chi connectivity index (χ2v) is 8.05. The average molecular weight is 420 g/mol. The fraction of sp³-hybridized carbons (Fsp3) is 0.333. The molecule has 0 aliphatic carbocycles. The van der Waals surface area contributed by atoms with Gasteiger partial charge in [-0.15, -0.1) is 11.3 Å². The van der Waals surface area contributed by atoms with Crippen LogP contribution < -0.4 is 4.74 Å². The van der Waals surface area contributed by atoms with E-state index < -0.39 is 11.7 Å². The number of carbonyl (C=O) groups is 1. The zero-order valence-electron chi connectivity index (χ0n) is 15.5. The Morgan fingerprint density at radius 3 is 2.45 bits per heavy atom. The minimum Gasteiger partial charge on any atom is -0.484 e. The van der Waals surface area contributed by atoms with Crippen LogP contribution in [0.5, 0.6) is 5.75 Å². The molecule has 0 N–H and O–H groups in total. The summed E-state index contributed by atoms with van der Waals surface area (Å²) in [4.78, 5) is 18.9. The highest BCUT2D eigenvalue weighted by atomic mass is 32.1. The number of fused-ring (bicyclic) bond motifs is 1. The van der Waals surface area contributed by atoms with Gasteiger partial charge in [-0.3, -0.25) is 4.79 Å². The topological polar surface area (TPSA) is 42.4 Å². The van der Waals surface area contributed by atoms with Crippen molar-refractivity contribution in [1.29, 1.82) is 0 Å². The minimum absolute atomic E-state index is 0.160. The van der Waals surface area contributed by atoms with Gasteiger partial charge in [-0.25, -0.2) is 4.98 Å². The lowest BCUT2D eigenvalue weighted by molar-refractivity contribution is -0.138. The van der Waals surface area contributed by atoms with Crippen molar-refractivity contribution in [2.75, 3.05) is 19.7 Å². The van der Waals surface area contributed by atoms with Crippen molar-refractivity contribution in [3.05, 3.63) is 59.1 Å². The smallest absolute Gasteiger partial charge is 0.416 e. The molecule has 1 fully saturated rings. The lowest BCUT2D eigenvalue weighted by atomic mass is 9.97. The number of thiazole rings is 1. The molecule has 0 bridgehead atoms. The van der Waals surface area contributed by atoms with Gasteiger partial charge in [0, 0.05) is 19.0 Å². The molecule has 0 saturated carbocycles. The Balaban J connectivity index is 1.28. The largest absolute Gasteiger partial charge is 0.484 e. The van der Waals surface area contributed by atoms with Crippen molar-refractivity contribution in [3.8, 4) is 5.75 Å². The Morgan fingerprint density at radius 1 is 1.10 bits per heavy atom. The van der Waals surface area contributed by atoms with E-state index in [1.54, 1.807) is 16.2 Å². The highest BCUT2D eigenvalue weighted by molar-refractivity contribution is 7.18. The molecule has 2 aromatic carbocycles. The van der Waals surface area contributed by atoms with Crippen molar-refractivity contribution in [2.24, 2.45) is 0 Å². The maximum atomic E-state index is 12.6. The SMILES string of the molecule is O=C(COc1ccc(C(F)(F)F)cc1)N1CCC(c2nc3ccccc3s2)CC1. The maximum absolute atomic E-state index is 12.6. The van der Waals surface area contributed by atoms with Crippen LogP contribution in [-0.4, -0.2) is 35.5 Å². The highest BCUT2D eigenvalue weighted by Crippen LogP contribution is 2.34. The molecule has 1 aromatic heterocycles. The first-order chi connectivity index (χ1) is 13.9. The molecule has 29 heavy (non-hydrogen) atoms. The molecule has 1 saturated heterocycles. The molecule has 1 aliphatic rings. The molecule has 2 heterocycles. The molecule has 4 rings (SSSR count). The van der Waals surface area contributed by atoms with Gasteiger partial charge in [0.25, 0.3) is 5.91 Å². The summed E-state index contributed by atoms with van der Waals surface area (Å²) in [5.74, 6) is 0.427. The summed E-state index contributed by atoms with van der Waals surface area (Å²) < 4.78 is 44.3. The van der Waals surface area contributed by atoms with Crippen LogP contribution in [0.1, 0.15) is 29.3 Å². The lowest BCUT2D eigenvalue weighted by Crippen LogP contribution is -2.40. The first kappa shape index (κ1) is 19.7. The van der Waals surface area contributed by atoms with E-state index in [4.69, 9.17) is 9.72 Å². The first-order valence-corrected chi connectivity index (χ1v) is 10.1. The number of piperidine rings is 1. The van der Waals surface area contributed by atoms with Crippen LogP contribution in [0.15, 0.2) is 48.5 Å². The van der Waals surface area contributed by atoms with Crippen LogP contribution in [0.25, 0.3) is 10.2 Å². The predicted octanol–water partition coefficient (Wildman–Crippen LogP) is 5.10. The fourth-order valence-corrected chi connectivity index (χ4v) is 4.55. The summed E-state index contributed by atoms with van der Waals surface area (Å²) in [6.07, 6.45) is -2.71. The molecule has 0 spiro atoms. The van der Waals surface area contributed by atoms with Crippen molar-refractivity contribution in [2.45, 2.75) is 24.9 Å². The number of carbonyl (C=O) groups excluding carboxylic acids is 1. The molecular weight excluding hydrogens is 401 g/mol. The lowest BCUT2D eigenvalue weighted by Gasteiger charge is -2.31. The van der Waals surface area contributed by atoms with E-state index in [9.17, 15) is 18.0 Å². The van der Waals surface area contributed by atoms with Crippen LogP contribution in [0.3, 0.4) is 0 Å². The van der Waals surface area contributed by atoms with Gasteiger partial charge in [0.1, 0.15) is 5.75 Å². The van der Waals surface area contributed by atoms with Gasteiger partial charge in [0.05, 0.1) is 20.8 Å². The third-order valence-corrected chi connectivity index (χ3v) is 6.25.